The number of aliphatic carboxylic acids is 1. The molecule has 8 heteroatoms. The quantitative estimate of drug-likeness (QED) is 0.502. The molecule has 1 aliphatic rings. The van der Waals surface area contributed by atoms with Crippen LogP contribution < -0.4 is 10.1 Å². The number of carbonyl (C=O) groups excluding carboxylic acids is 2. The molecule has 8 nitrogen and oxygen atoms in total. The number of nitrogens with zero attached hydrogens (tertiary/aromatic N) is 1. The lowest BCUT2D eigenvalue weighted by atomic mass is 9.93. The molecule has 0 aromatic heterocycles. The highest BCUT2D eigenvalue weighted by Crippen LogP contribution is 2.25. The first kappa shape index (κ1) is 24.8. The Kier molecular flexibility index (Phi) is 7.85. The minimum Gasteiger partial charge on any atom is -0.497 e. The monoisotopic (exact) mass is 488 g/mol. The minimum atomic E-state index is -1.18. The van der Waals surface area contributed by atoms with Crippen LogP contribution in [-0.2, 0) is 40.3 Å². The number of hydrogen-bond donors (Lipinski definition) is 2. The fourth-order valence-electron chi connectivity index (χ4n) is 4.25. The van der Waals surface area contributed by atoms with Gasteiger partial charge in [-0.1, -0.05) is 66.7 Å². The first-order chi connectivity index (χ1) is 17.4. The van der Waals surface area contributed by atoms with E-state index in [9.17, 15) is 19.5 Å². The van der Waals surface area contributed by atoms with E-state index in [4.69, 9.17) is 9.47 Å². The topological polar surface area (TPSA) is 105 Å². The first-order valence-electron chi connectivity index (χ1n) is 11.6. The molecule has 0 saturated carbocycles. The largest absolute Gasteiger partial charge is 0.497 e. The molecular formula is C28H28N2O6. The second-order valence-electron chi connectivity index (χ2n) is 8.61. The Morgan fingerprint density at radius 1 is 0.972 bits per heavy atom. The molecule has 3 aromatic rings. The van der Waals surface area contributed by atoms with Gasteiger partial charge in [-0.15, -0.1) is 0 Å². The predicted molar refractivity (Wildman–Crippen MR) is 132 cm³/mol. The van der Waals surface area contributed by atoms with Gasteiger partial charge in [0, 0.05) is 12.8 Å². The second-order valence-corrected chi connectivity index (χ2v) is 8.61. The number of ether oxygens (including phenoxy) is 2. The van der Waals surface area contributed by atoms with E-state index in [0.717, 1.165) is 16.7 Å². The molecule has 1 heterocycles. The van der Waals surface area contributed by atoms with Crippen LogP contribution in [-0.4, -0.2) is 47.2 Å². The van der Waals surface area contributed by atoms with E-state index < -0.39 is 30.1 Å². The number of nitrogens with one attached hydrogen (secondary N) is 1. The molecule has 186 valence electrons. The second kappa shape index (κ2) is 11.4. The summed E-state index contributed by atoms with van der Waals surface area (Å²) in [7, 11) is 1.53. The molecule has 2 N–H and O–H groups in total. The number of methoxy groups -OCH3 is 1. The van der Waals surface area contributed by atoms with Gasteiger partial charge in [-0.25, -0.2) is 9.59 Å². The Morgan fingerprint density at radius 2 is 1.67 bits per heavy atom. The summed E-state index contributed by atoms with van der Waals surface area (Å²) >= 11 is 0. The highest BCUT2D eigenvalue weighted by atomic mass is 16.6. The van der Waals surface area contributed by atoms with E-state index in [2.05, 4.69) is 5.32 Å². The zero-order valence-electron chi connectivity index (χ0n) is 19.9. The number of benzene rings is 3. The van der Waals surface area contributed by atoms with Crippen molar-refractivity contribution in [1.29, 1.82) is 0 Å². The van der Waals surface area contributed by atoms with Gasteiger partial charge in [0.05, 0.1) is 13.7 Å². The lowest BCUT2D eigenvalue weighted by Gasteiger charge is -2.35. The van der Waals surface area contributed by atoms with Gasteiger partial charge in [-0.05, 0) is 34.4 Å². The van der Waals surface area contributed by atoms with Gasteiger partial charge in [0.1, 0.15) is 24.4 Å². The molecule has 1 aliphatic heterocycles. The Labute approximate surface area is 209 Å². The number of rotatable bonds is 8. The number of hydrogen-bond acceptors (Lipinski definition) is 5. The van der Waals surface area contributed by atoms with Crippen LogP contribution in [0.1, 0.15) is 22.3 Å². The van der Waals surface area contributed by atoms with Gasteiger partial charge in [0.15, 0.2) is 0 Å². The van der Waals surface area contributed by atoms with Crippen molar-refractivity contribution in [3.63, 3.8) is 0 Å². The SMILES string of the molecule is COc1cccc(C[C@H](NC(=O)[C@@H]2Cc3ccccc3CN2C(=O)OCc2ccccc2)C(=O)O)c1. The maximum atomic E-state index is 13.4. The van der Waals surface area contributed by atoms with Crippen LogP contribution in [0.2, 0.25) is 0 Å². The molecule has 0 radical (unpaired) electrons. The molecule has 0 unspecified atom stereocenters. The average Bonchev–Trinajstić information content (AvgIpc) is 2.91. The van der Waals surface area contributed by atoms with Crippen molar-refractivity contribution >= 4 is 18.0 Å². The normalized spacial score (nSPS) is 15.4. The van der Waals surface area contributed by atoms with Crippen molar-refractivity contribution < 1.29 is 29.0 Å². The summed E-state index contributed by atoms with van der Waals surface area (Å²) in [6.45, 7) is 0.259. The summed E-state index contributed by atoms with van der Waals surface area (Å²) in [5, 5.41) is 12.4. The van der Waals surface area contributed by atoms with Gasteiger partial charge in [-0.2, -0.15) is 0 Å². The molecule has 0 bridgehead atoms. The molecule has 36 heavy (non-hydrogen) atoms. The van der Waals surface area contributed by atoms with Crippen LogP contribution in [0.25, 0.3) is 0 Å². The Bertz CT molecular complexity index is 1230. The van der Waals surface area contributed by atoms with Gasteiger partial charge in [-0.3, -0.25) is 9.69 Å². The molecule has 2 atom stereocenters. The Hall–Kier alpha value is -4.33. The summed E-state index contributed by atoms with van der Waals surface area (Å²) in [6, 6.07) is 21.8. The van der Waals surface area contributed by atoms with Crippen molar-refractivity contribution in [1.82, 2.24) is 10.2 Å². The van der Waals surface area contributed by atoms with E-state index in [1.807, 2.05) is 54.6 Å². The molecule has 4 rings (SSSR count). The Morgan fingerprint density at radius 3 is 2.39 bits per heavy atom. The van der Waals surface area contributed by atoms with Crippen LogP contribution in [0.5, 0.6) is 5.75 Å². The van der Waals surface area contributed by atoms with E-state index in [1.54, 1.807) is 24.3 Å². The summed E-state index contributed by atoms with van der Waals surface area (Å²) < 4.78 is 10.7. The molecule has 0 fully saturated rings. The van der Waals surface area contributed by atoms with Crippen LogP contribution in [0.15, 0.2) is 78.9 Å². The summed E-state index contributed by atoms with van der Waals surface area (Å²) in [4.78, 5) is 39.8. The molecule has 2 amide bonds. The van der Waals surface area contributed by atoms with Crippen LogP contribution in [0.3, 0.4) is 0 Å². The maximum absolute atomic E-state index is 13.4. The van der Waals surface area contributed by atoms with Crippen molar-refractivity contribution in [2.24, 2.45) is 0 Å². The number of amides is 2. The zero-order valence-corrected chi connectivity index (χ0v) is 19.9. The smallest absolute Gasteiger partial charge is 0.411 e. The standard InChI is InChI=1S/C28H28N2O6/c1-35-23-13-7-10-20(14-23)15-24(27(32)33)29-26(31)25-16-21-11-5-6-12-22(21)17-30(25)28(34)36-18-19-8-3-2-4-9-19/h2-14,24-25H,15-18H2,1H3,(H,29,31)(H,32,33)/t24-,25-/m0/s1. The average molecular weight is 489 g/mol. The fraction of sp³-hybridized carbons (Fsp3) is 0.250. The third-order valence-electron chi connectivity index (χ3n) is 6.18. The number of carboxylic acids is 1. The van der Waals surface area contributed by atoms with Crippen molar-refractivity contribution in [2.45, 2.75) is 38.1 Å². The van der Waals surface area contributed by atoms with Crippen molar-refractivity contribution in [3.8, 4) is 5.75 Å². The van der Waals surface area contributed by atoms with Gasteiger partial charge in [0.25, 0.3) is 0 Å². The fourth-order valence-corrected chi connectivity index (χ4v) is 4.25. The number of carboxylic acid groups (broad SMARTS) is 1. The third-order valence-corrected chi connectivity index (χ3v) is 6.18. The molecule has 3 aromatic carbocycles. The minimum absolute atomic E-state index is 0.0692. The van der Waals surface area contributed by atoms with Crippen LogP contribution in [0.4, 0.5) is 4.79 Å². The molecular weight excluding hydrogens is 460 g/mol. The lowest BCUT2D eigenvalue weighted by Crippen LogP contribution is -2.56. The van der Waals surface area contributed by atoms with Gasteiger partial charge in [0.2, 0.25) is 5.91 Å². The van der Waals surface area contributed by atoms with E-state index in [0.29, 0.717) is 11.3 Å². The van der Waals surface area contributed by atoms with E-state index in [1.165, 1.54) is 12.0 Å². The zero-order chi connectivity index (χ0) is 25.5. The highest BCUT2D eigenvalue weighted by Gasteiger charge is 2.37. The molecule has 0 saturated heterocycles. The predicted octanol–water partition coefficient (Wildman–Crippen LogP) is 3.57. The molecule has 0 aliphatic carbocycles. The maximum Gasteiger partial charge on any atom is 0.411 e. The van der Waals surface area contributed by atoms with Crippen LogP contribution in [0, 0.1) is 0 Å². The molecule has 0 spiro atoms. The van der Waals surface area contributed by atoms with Crippen LogP contribution >= 0.6 is 0 Å². The Balaban J connectivity index is 1.51. The van der Waals surface area contributed by atoms with Crippen molar-refractivity contribution in [3.05, 3.63) is 101 Å². The lowest BCUT2D eigenvalue weighted by molar-refractivity contribution is -0.142. The van der Waals surface area contributed by atoms with Crippen molar-refractivity contribution in [2.75, 3.05) is 7.11 Å². The van der Waals surface area contributed by atoms with E-state index >= 15 is 0 Å². The highest BCUT2D eigenvalue weighted by molar-refractivity contribution is 5.90. The number of carbonyl (C=O) groups is 3. The van der Waals surface area contributed by atoms with Gasteiger partial charge < -0.3 is 19.9 Å². The first-order valence-corrected chi connectivity index (χ1v) is 11.6. The third kappa shape index (κ3) is 6.02. The summed E-state index contributed by atoms with van der Waals surface area (Å²) in [5.41, 5.74) is 3.39. The van der Waals surface area contributed by atoms with E-state index in [-0.39, 0.29) is 26.0 Å². The number of fused-ring (bicyclic) bond motifs is 1. The summed E-state index contributed by atoms with van der Waals surface area (Å²) in [6.07, 6.45) is -0.304. The van der Waals surface area contributed by atoms with Gasteiger partial charge >= 0.3 is 12.1 Å². The summed E-state index contributed by atoms with van der Waals surface area (Å²) in [5.74, 6) is -1.11.